The van der Waals surface area contributed by atoms with E-state index >= 15 is 0 Å². The number of sulfonamides is 1. The molecule has 1 saturated heterocycles. The predicted molar refractivity (Wildman–Crippen MR) is 135 cm³/mol. The molecule has 34 heavy (non-hydrogen) atoms. The zero-order valence-electron chi connectivity index (χ0n) is 19.7. The Balaban J connectivity index is 1.32. The number of nitrogens with one attached hydrogen (secondary N) is 1. The maximum Gasteiger partial charge on any atom is 0.255 e. The number of hydrogen-bond acceptors (Lipinski definition) is 4. The van der Waals surface area contributed by atoms with E-state index in [0.717, 1.165) is 35.3 Å². The monoisotopic (exact) mass is 477 g/mol. The van der Waals surface area contributed by atoms with Crippen LogP contribution in [-0.2, 0) is 23.0 Å². The molecule has 0 bridgehead atoms. The number of carbonyl (C=O) groups is 1. The van der Waals surface area contributed by atoms with Gasteiger partial charge in [-0.15, -0.1) is 0 Å². The lowest BCUT2D eigenvalue weighted by atomic mass is 10.1. The lowest BCUT2D eigenvalue weighted by molar-refractivity contribution is 0.102. The van der Waals surface area contributed by atoms with Gasteiger partial charge >= 0.3 is 0 Å². The molecular formula is C27H31N3O3S. The molecule has 1 amide bonds. The Morgan fingerprint density at radius 3 is 2.18 bits per heavy atom. The smallest absolute Gasteiger partial charge is 0.255 e. The average molecular weight is 478 g/mol. The van der Waals surface area contributed by atoms with E-state index in [9.17, 15) is 13.2 Å². The minimum Gasteiger partial charge on any atom is -0.322 e. The van der Waals surface area contributed by atoms with Crippen LogP contribution in [0.3, 0.4) is 0 Å². The average Bonchev–Trinajstić information content (AvgIpc) is 2.85. The number of para-hydroxylation sites is 1. The van der Waals surface area contributed by atoms with Gasteiger partial charge in [0.2, 0.25) is 10.0 Å². The van der Waals surface area contributed by atoms with E-state index in [0.29, 0.717) is 36.6 Å². The second-order valence-corrected chi connectivity index (χ2v) is 10.6. The van der Waals surface area contributed by atoms with Crippen molar-refractivity contribution in [2.45, 2.75) is 31.7 Å². The molecule has 3 aromatic rings. The van der Waals surface area contributed by atoms with Crippen LogP contribution in [0, 0.1) is 6.92 Å². The number of rotatable bonds is 7. The number of hydrogen-bond donors (Lipinski definition) is 1. The third kappa shape index (κ3) is 5.55. The van der Waals surface area contributed by atoms with E-state index in [2.05, 4.69) is 17.1 Å². The maximum atomic E-state index is 12.9. The Morgan fingerprint density at radius 1 is 0.882 bits per heavy atom. The van der Waals surface area contributed by atoms with Crippen molar-refractivity contribution in [1.82, 2.24) is 9.21 Å². The van der Waals surface area contributed by atoms with Crippen LogP contribution in [0.25, 0.3) is 0 Å². The van der Waals surface area contributed by atoms with Gasteiger partial charge in [0.15, 0.2) is 0 Å². The molecule has 6 nitrogen and oxygen atoms in total. The Bertz CT molecular complexity index is 1230. The van der Waals surface area contributed by atoms with Crippen LogP contribution in [0.5, 0.6) is 0 Å². The number of benzene rings is 3. The molecule has 178 valence electrons. The quantitative estimate of drug-likeness (QED) is 0.550. The highest BCUT2D eigenvalue weighted by atomic mass is 32.2. The van der Waals surface area contributed by atoms with Crippen molar-refractivity contribution in [3.8, 4) is 0 Å². The number of nitrogens with zero attached hydrogens (tertiary/aromatic N) is 2. The Morgan fingerprint density at radius 2 is 1.53 bits per heavy atom. The maximum absolute atomic E-state index is 12.9. The SMILES string of the molecule is CCc1ccccc1NC(=O)c1ccc(CN2CCN(S(=O)(=O)c3ccc(C)cc3)CC2)cc1. The van der Waals surface area contributed by atoms with E-state index < -0.39 is 10.0 Å². The summed E-state index contributed by atoms with van der Waals surface area (Å²) in [4.78, 5) is 15.3. The molecule has 1 N–H and O–H groups in total. The van der Waals surface area contributed by atoms with Crippen molar-refractivity contribution in [3.05, 3.63) is 95.1 Å². The van der Waals surface area contributed by atoms with Crippen LogP contribution < -0.4 is 5.32 Å². The first-order valence-corrected chi connectivity index (χ1v) is 13.1. The van der Waals surface area contributed by atoms with Gasteiger partial charge in [0.05, 0.1) is 4.90 Å². The molecule has 0 unspecified atom stereocenters. The predicted octanol–water partition coefficient (Wildman–Crippen LogP) is 4.32. The number of piperazine rings is 1. The van der Waals surface area contributed by atoms with E-state index in [1.165, 1.54) is 0 Å². The number of carbonyl (C=O) groups excluding carboxylic acids is 1. The summed E-state index contributed by atoms with van der Waals surface area (Å²) in [7, 11) is -3.46. The molecule has 7 heteroatoms. The molecule has 1 heterocycles. The van der Waals surface area contributed by atoms with Crippen molar-refractivity contribution >= 4 is 21.6 Å². The number of aryl methyl sites for hydroxylation is 2. The van der Waals surface area contributed by atoms with Crippen LogP contribution in [0.2, 0.25) is 0 Å². The Hall–Kier alpha value is -3.00. The fourth-order valence-corrected chi connectivity index (χ4v) is 5.57. The lowest BCUT2D eigenvalue weighted by Gasteiger charge is -2.34. The molecule has 0 aromatic heterocycles. The van der Waals surface area contributed by atoms with Gasteiger partial charge in [-0.25, -0.2) is 8.42 Å². The van der Waals surface area contributed by atoms with E-state index in [1.54, 1.807) is 16.4 Å². The van der Waals surface area contributed by atoms with Crippen molar-refractivity contribution in [3.63, 3.8) is 0 Å². The summed E-state index contributed by atoms with van der Waals surface area (Å²) in [6.45, 7) is 7.00. The number of anilines is 1. The molecule has 0 saturated carbocycles. The summed E-state index contributed by atoms with van der Waals surface area (Å²) in [6.07, 6.45) is 0.856. The first-order valence-electron chi connectivity index (χ1n) is 11.6. The third-order valence-electron chi connectivity index (χ3n) is 6.26. The highest BCUT2D eigenvalue weighted by Crippen LogP contribution is 2.20. The van der Waals surface area contributed by atoms with Crippen LogP contribution in [-0.4, -0.2) is 49.7 Å². The largest absolute Gasteiger partial charge is 0.322 e. The van der Waals surface area contributed by atoms with Crippen molar-refractivity contribution in [2.75, 3.05) is 31.5 Å². The minimum absolute atomic E-state index is 0.123. The zero-order valence-corrected chi connectivity index (χ0v) is 20.5. The van der Waals surface area contributed by atoms with Gasteiger partial charge in [-0.2, -0.15) is 4.31 Å². The molecule has 1 aliphatic rings. The molecule has 0 radical (unpaired) electrons. The fourth-order valence-electron chi connectivity index (χ4n) is 4.15. The van der Waals surface area contributed by atoms with Crippen molar-refractivity contribution in [2.24, 2.45) is 0 Å². The molecule has 0 atom stereocenters. The second kappa shape index (κ2) is 10.5. The molecule has 1 aliphatic heterocycles. The van der Waals surface area contributed by atoms with Crippen LogP contribution in [0.4, 0.5) is 5.69 Å². The lowest BCUT2D eigenvalue weighted by Crippen LogP contribution is -2.48. The summed E-state index contributed by atoms with van der Waals surface area (Å²) >= 11 is 0. The molecule has 0 spiro atoms. The minimum atomic E-state index is -3.46. The van der Waals surface area contributed by atoms with Gasteiger partial charge in [-0.05, 0) is 54.8 Å². The van der Waals surface area contributed by atoms with Gasteiger partial charge in [0.1, 0.15) is 0 Å². The van der Waals surface area contributed by atoms with Gasteiger partial charge < -0.3 is 5.32 Å². The van der Waals surface area contributed by atoms with Gasteiger partial charge in [0, 0.05) is 44.0 Å². The Kier molecular flexibility index (Phi) is 7.46. The van der Waals surface area contributed by atoms with Crippen LogP contribution in [0.15, 0.2) is 77.7 Å². The summed E-state index contributed by atoms with van der Waals surface area (Å²) in [5.74, 6) is -0.123. The summed E-state index contributed by atoms with van der Waals surface area (Å²) < 4.78 is 27.4. The van der Waals surface area contributed by atoms with Crippen LogP contribution >= 0.6 is 0 Å². The van der Waals surface area contributed by atoms with E-state index in [4.69, 9.17) is 0 Å². The van der Waals surface area contributed by atoms with Gasteiger partial charge in [0.25, 0.3) is 5.91 Å². The standard InChI is InChI=1S/C27H31N3O3S/c1-3-23-6-4-5-7-26(23)28-27(31)24-12-10-22(11-13-24)20-29-16-18-30(19-17-29)34(32,33)25-14-8-21(2)9-15-25/h4-15H,3,16-20H2,1-2H3,(H,28,31). The van der Waals surface area contributed by atoms with Crippen molar-refractivity contribution in [1.29, 1.82) is 0 Å². The first-order chi connectivity index (χ1) is 16.4. The highest BCUT2D eigenvalue weighted by Gasteiger charge is 2.28. The number of amides is 1. The highest BCUT2D eigenvalue weighted by molar-refractivity contribution is 7.89. The fraction of sp³-hybridized carbons (Fsp3) is 0.296. The summed E-state index contributed by atoms with van der Waals surface area (Å²) in [5, 5.41) is 3.00. The molecule has 4 rings (SSSR count). The summed E-state index contributed by atoms with van der Waals surface area (Å²) in [5.41, 5.74) is 4.70. The topological polar surface area (TPSA) is 69.7 Å². The normalized spacial score (nSPS) is 15.2. The Labute approximate surface area is 202 Å². The van der Waals surface area contributed by atoms with Gasteiger partial charge in [-0.3, -0.25) is 9.69 Å². The molecule has 3 aromatic carbocycles. The van der Waals surface area contributed by atoms with E-state index in [1.807, 2.05) is 67.6 Å². The van der Waals surface area contributed by atoms with Gasteiger partial charge in [-0.1, -0.05) is 55.0 Å². The van der Waals surface area contributed by atoms with E-state index in [-0.39, 0.29) is 5.91 Å². The first kappa shape index (κ1) is 24.1. The molecule has 0 aliphatic carbocycles. The molecular weight excluding hydrogens is 446 g/mol. The van der Waals surface area contributed by atoms with Crippen molar-refractivity contribution < 1.29 is 13.2 Å². The summed E-state index contributed by atoms with van der Waals surface area (Å²) in [6, 6.07) is 22.5. The zero-order chi connectivity index (χ0) is 24.1. The molecule has 1 fully saturated rings. The van der Waals surface area contributed by atoms with Crippen LogP contribution in [0.1, 0.15) is 34.0 Å². The third-order valence-corrected chi connectivity index (χ3v) is 8.17. The second-order valence-electron chi connectivity index (χ2n) is 8.66.